The Morgan fingerprint density at radius 3 is 2.94 bits per heavy atom. The number of anilines is 1. The monoisotopic (exact) mass is 281 g/mol. The fourth-order valence-corrected chi connectivity index (χ4v) is 2.36. The molecule has 0 saturated carbocycles. The molecule has 0 spiro atoms. The summed E-state index contributed by atoms with van der Waals surface area (Å²) in [6.07, 6.45) is 5.66. The van der Waals surface area contributed by atoms with E-state index in [2.05, 4.69) is 36.1 Å². The number of imidazole rings is 1. The third-order valence-electron chi connectivity index (χ3n) is 2.74. The van der Waals surface area contributed by atoms with Crippen LogP contribution in [0.1, 0.15) is 0 Å². The van der Waals surface area contributed by atoms with Crippen molar-refractivity contribution in [2.24, 2.45) is 0 Å². The molecule has 16 heavy (non-hydrogen) atoms. The molecule has 1 aliphatic heterocycles. The fourth-order valence-electron chi connectivity index (χ4n) is 1.97. The van der Waals surface area contributed by atoms with Crippen molar-refractivity contribution in [3.05, 3.63) is 23.2 Å². The molecule has 1 N–H and O–H groups in total. The predicted molar refractivity (Wildman–Crippen MR) is 65.8 cm³/mol. The highest BCUT2D eigenvalue weighted by Gasteiger charge is 2.16. The Hall–Kier alpha value is -1.14. The molecule has 0 aromatic carbocycles. The van der Waals surface area contributed by atoms with Crippen LogP contribution in [-0.4, -0.2) is 40.5 Å². The van der Waals surface area contributed by atoms with Gasteiger partial charge in [-0.15, -0.1) is 0 Å². The van der Waals surface area contributed by atoms with Gasteiger partial charge < -0.3 is 14.6 Å². The minimum Gasteiger partial charge on any atom is -0.351 e. The topological polar surface area (TPSA) is 45.5 Å². The van der Waals surface area contributed by atoms with Gasteiger partial charge in [-0.05, 0) is 15.9 Å². The molecule has 1 fully saturated rings. The zero-order valence-corrected chi connectivity index (χ0v) is 10.3. The van der Waals surface area contributed by atoms with Crippen molar-refractivity contribution in [1.29, 1.82) is 0 Å². The summed E-state index contributed by atoms with van der Waals surface area (Å²) in [7, 11) is 0. The molecule has 0 atom stereocenters. The molecule has 0 radical (unpaired) electrons. The Morgan fingerprint density at radius 2 is 2.12 bits per heavy atom. The number of nitrogens with one attached hydrogen (secondary N) is 1. The number of fused-ring (bicyclic) bond motifs is 1. The van der Waals surface area contributed by atoms with E-state index >= 15 is 0 Å². The van der Waals surface area contributed by atoms with Crippen molar-refractivity contribution in [2.75, 3.05) is 31.1 Å². The molecule has 0 amide bonds. The van der Waals surface area contributed by atoms with Crippen LogP contribution in [0.5, 0.6) is 0 Å². The summed E-state index contributed by atoms with van der Waals surface area (Å²) in [6, 6.07) is 0. The van der Waals surface area contributed by atoms with Gasteiger partial charge in [-0.25, -0.2) is 9.97 Å². The maximum atomic E-state index is 4.53. The van der Waals surface area contributed by atoms with Crippen molar-refractivity contribution >= 4 is 27.4 Å². The molecule has 3 heterocycles. The Balaban J connectivity index is 2.09. The van der Waals surface area contributed by atoms with Crippen LogP contribution in [-0.2, 0) is 0 Å². The van der Waals surface area contributed by atoms with Crippen LogP contribution < -0.4 is 10.2 Å². The second kappa shape index (κ2) is 4.03. The summed E-state index contributed by atoms with van der Waals surface area (Å²) in [5.41, 5.74) is 0.921. The van der Waals surface area contributed by atoms with Gasteiger partial charge in [-0.1, -0.05) is 0 Å². The molecule has 84 valence electrons. The first-order valence-corrected chi connectivity index (χ1v) is 6.09. The average Bonchev–Trinajstić information content (AvgIpc) is 2.77. The molecule has 5 nitrogen and oxygen atoms in total. The number of halogens is 1. The minimum absolute atomic E-state index is 0.839. The second-order valence-corrected chi connectivity index (χ2v) is 4.59. The van der Waals surface area contributed by atoms with E-state index in [9.17, 15) is 0 Å². The zero-order chi connectivity index (χ0) is 11.0. The van der Waals surface area contributed by atoms with Crippen LogP contribution >= 0.6 is 15.9 Å². The van der Waals surface area contributed by atoms with Gasteiger partial charge in [0.05, 0.1) is 0 Å². The summed E-state index contributed by atoms with van der Waals surface area (Å²) in [6.45, 7) is 3.96. The highest BCUT2D eigenvalue weighted by atomic mass is 79.9. The standard InChI is InChI=1S/C10H12BrN5/c11-8-7-16-6-3-13-9(16)10(14-8)15-4-1-12-2-5-15/h3,6-7,12H,1-2,4-5H2. The van der Waals surface area contributed by atoms with Crippen LogP contribution in [0.3, 0.4) is 0 Å². The van der Waals surface area contributed by atoms with Gasteiger partial charge in [-0.2, -0.15) is 0 Å². The van der Waals surface area contributed by atoms with Crippen LogP contribution in [0.25, 0.3) is 5.65 Å². The molecule has 2 aromatic heterocycles. The molecule has 6 heteroatoms. The lowest BCUT2D eigenvalue weighted by molar-refractivity contribution is 0.585. The summed E-state index contributed by atoms with van der Waals surface area (Å²) in [5, 5.41) is 3.33. The fraction of sp³-hybridized carbons (Fsp3) is 0.400. The van der Waals surface area contributed by atoms with E-state index in [0.29, 0.717) is 0 Å². The van der Waals surface area contributed by atoms with Gasteiger partial charge in [0.1, 0.15) is 4.60 Å². The Bertz CT molecular complexity index is 503. The van der Waals surface area contributed by atoms with Crippen molar-refractivity contribution in [1.82, 2.24) is 19.7 Å². The molecule has 0 bridgehead atoms. The summed E-state index contributed by atoms with van der Waals surface area (Å²) in [4.78, 5) is 11.1. The van der Waals surface area contributed by atoms with E-state index in [1.165, 1.54) is 0 Å². The van der Waals surface area contributed by atoms with Crippen molar-refractivity contribution in [3.63, 3.8) is 0 Å². The third-order valence-corrected chi connectivity index (χ3v) is 3.13. The normalized spacial score (nSPS) is 16.9. The Kier molecular flexibility index (Phi) is 2.53. The molecule has 2 aromatic rings. The Labute approximate surface area is 102 Å². The van der Waals surface area contributed by atoms with Crippen molar-refractivity contribution in [2.45, 2.75) is 0 Å². The second-order valence-electron chi connectivity index (χ2n) is 3.78. The van der Waals surface area contributed by atoms with Crippen molar-refractivity contribution < 1.29 is 0 Å². The van der Waals surface area contributed by atoms with Gasteiger partial charge in [0.15, 0.2) is 11.5 Å². The van der Waals surface area contributed by atoms with E-state index < -0.39 is 0 Å². The molecule has 0 aliphatic carbocycles. The smallest absolute Gasteiger partial charge is 0.180 e. The average molecular weight is 282 g/mol. The third kappa shape index (κ3) is 1.68. The first-order valence-electron chi connectivity index (χ1n) is 5.29. The SMILES string of the molecule is Brc1cn2ccnc2c(N2CCNCC2)n1. The lowest BCUT2D eigenvalue weighted by Gasteiger charge is -2.28. The van der Waals surface area contributed by atoms with Gasteiger partial charge in [0.2, 0.25) is 0 Å². The van der Waals surface area contributed by atoms with Crippen LogP contribution in [0.15, 0.2) is 23.2 Å². The number of rotatable bonds is 1. The molecule has 1 saturated heterocycles. The van der Waals surface area contributed by atoms with Gasteiger partial charge in [0, 0.05) is 44.8 Å². The number of aromatic nitrogens is 3. The molecular formula is C10H12BrN5. The number of hydrogen-bond acceptors (Lipinski definition) is 4. The zero-order valence-electron chi connectivity index (χ0n) is 8.73. The van der Waals surface area contributed by atoms with E-state index in [1.54, 1.807) is 6.20 Å². The minimum atomic E-state index is 0.839. The van der Waals surface area contributed by atoms with Crippen LogP contribution in [0.2, 0.25) is 0 Å². The van der Waals surface area contributed by atoms with Gasteiger partial charge in [0.25, 0.3) is 0 Å². The molecular weight excluding hydrogens is 270 g/mol. The van der Waals surface area contributed by atoms with E-state index in [4.69, 9.17) is 0 Å². The van der Waals surface area contributed by atoms with Crippen molar-refractivity contribution in [3.8, 4) is 0 Å². The largest absolute Gasteiger partial charge is 0.351 e. The first kappa shape index (κ1) is 10.0. The number of hydrogen-bond donors (Lipinski definition) is 1. The quantitative estimate of drug-likeness (QED) is 0.844. The maximum absolute atomic E-state index is 4.53. The summed E-state index contributed by atoms with van der Waals surface area (Å²) < 4.78 is 2.83. The van der Waals surface area contributed by atoms with E-state index in [-0.39, 0.29) is 0 Å². The molecule has 1 aliphatic rings. The molecule has 3 rings (SSSR count). The first-order chi connectivity index (χ1) is 7.84. The number of nitrogens with zero attached hydrogens (tertiary/aromatic N) is 4. The lowest BCUT2D eigenvalue weighted by Crippen LogP contribution is -2.44. The van der Waals surface area contributed by atoms with Crippen LogP contribution in [0.4, 0.5) is 5.82 Å². The summed E-state index contributed by atoms with van der Waals surface area (Å²) in [5.74, 6) is 0.959. The van der Waals surface area contributed by atoms with E-state index in [1.807, 2.05) is 16.8 Å². The van der Waals surface area contributed by atoms with Crippen LogP contribution in [0, 0.1) is 0 Å². The highest BCUT2D eigenvalue weighted by molar-refractivity contribution is 9.10. The van der Waals surface area contributed by atoms with Gasteiger partial charge >= 0.3 is 0 Å². The lowest BCUT2D eigenvalue weighted by atomic mass is 10.3. The van der Waals surface area contributed by atoms with E-state index in [0.717, 1.165) is 42.2 Å². The molecule has 0 unspecified atom stereocenters. The summed E-state index contributed by atoms with van der Waals surface area (Å²) >= 11 is 3.43. The highest BCUT2D eigenvalue weighted by Crippen LogP contribution is 2.21. The predicted octanol–water partition coefficient (Wildman–Crippen LogP) is 0.901. The number of piperazine rings is 1. The maximum Gasteiger partial charge on any atom is 0.180 e. The van der Waals surface area contributed by atoms with Gasteiger partial charge in [-0.3, -0.25) is 0 Å². The Morgan fingerprint density at radius 1 is 1.31 bits per heavy atom.